The number of aromatic nitrogens is 1. The first kappa shape index (κ1) is 19.4. The van der Waals surface area contributed by atoms with Crippen LogP contribution >= 0.6 is 22.6 Å². The van der Waals surface area contributed by atoms with Crippen LogP contribution in [-0.2, 0) is 4.84 Å². The van der Waals surface area contributed by atoms with Gasteiger partial charge in [-0.3, -0.25) is 9.63 Å². The zero-order chi connectivity index (χ0) is 18.6. The number of halogens is 3. The van der Waals surface area contributed by atoms with Gasteiger partial charge in [-0.1, -0.05) is 0 Å². The monoisotopic (exact) mass is 465 g/mol. The molecule has 1 unspecified atom stereocenters. The predicted octanol–water partition coefficient (Wildman–Crippen LogP) is 1.49. The Hall–Kier alpha value is -1.89. The maximum atomic E-state index is 14.4. The summed E-state index contributed by atoms with van der Waals surface area (Å²) in [6.07, 6.45) is -0.0263. The van der Waals surface area contributed by atoms with E-state index in [1.165, 1.54) is 18.3 Å². The molecule has 2 aromatic rings. The van der Waals surface area contributed by atoms with E-state index < -0.39 is 42.5 Å². The predicted molar refractivity (Wildman–Crippen MR) is 93.0 cm³/mol. The Balaban J connectivity index is 2.57. The van der Waals surface area contributed by atoms with Gasteiger partial charge in [0.25, 0.3) is 5.91 Å². The molecule has 25 heavy (non-hydrogen) atoms. The Morgan fingerprint density at radius 2 is 2.04 bits per heavy atom. The minimum atomic E-state index is -1.31. The number of amides is 1. The van der Waals surface area contributed by atoms with Crippen molar-refractivity contribution in [1.82, 2.24) is 4.98 Å². The van der Waals surface area contributed by atoms with Crippen LogP contribution in [-0.4, -0.2) is 40.4 Å². The molecule has 0 saturated heterocycles. The van der Waals surface area contributed by atoms with Gasteiger partial charge in [0.05, 0.1) is 12.2 Å². The lowest BCUT2D eigenvalue weighted by Gasteiger charge is -2.26. The molecular weight excluding hydrogens is 451 g/mol. The molecule has 0 bridgehead atoms. The van der Waals surface area contributed by atoms with Crippen LogP contribution in [0.15, 0.2) is 30.5 Å². The largest absolute Gasteiger partial charge is 0.394 e. The normalized spacial score (nSPS) is 12.0. The Kier molecular flexibility index (Phi) is 6.58. The fourth-order valence-electron chi connectivity index (χ4n) is 1.92. The van der Waals surface area contributed by atoms with Crippen LogP contribution in [0.1, 0.15) is 10.4 Å². The minimum Gasteiger partial charge on any atom is -0.394 e. The van der Waals surface area contributed by atoms with Crippen LogP contribution in [0.3, 0.4) is 0 Å². The van der Waals surface area contributed by atoms with Crippen LogP contribution in [0.25, 0.3) is 0 Å². The highest BCUT2D eigenvalue weighted by atomic mass is 127. The average molecular weight is 465 g/mol. The molecule has 0 fully saturated rings. The first-order chi connectivity index (χ1) is 11.8. The number of nitrogens with two attached hydrogens (primary N) is 1. The quantitative estimate of drug-likeness (QED) is 0.423. The number of benzene rings is 1. The number of anilines is 2. The molecular formula is C15H14F2IN3O4. The van der Waals surface area contributed by atoms with Crippen LogP contribution in [0.2, 0.25) is 0 Å². The molecule has 1 amide bonds. The molecule has 1 atom stereocenters. The van der Waals surface area contributed by atoms with Gasteiger partial charge in [0, 0.05) is 9.77 Å². The van der Waals surface area contributed by atoms with Gasteiger partial charge in [-0.05, 0) is 46.9 Å². The zero-order valence-corrected chi connectivity index (χ0v) is 14.9. The number of aliphatic hydroxyl groups excluding tert-OH is 2. The summed E-state index contributed by atoms with van der Waals surface area (Å²) in [5, 5.41) is 19.0. The SMILES string of the molecule is NC(=O)c1cccnc1N(OCC(O)CO)c1c(F)cc(I)cc1F. The lowest BCUT2D eigenvalue weighted by molar-refractivity contribution is 0.00465. The van der Waals surface area contributed by atoms with Crippen LogP contribution in [0.5, 0.6) is 0 Å². The summed E-state index contributed by atoms with van der Waals surface area (Å²) in [5.74, 6) is -3.07. The number of carbonyl (C=O) groups is 1. The van der Waals surface area contributed by atoms with Gasteiger partial charge in [0.2, 0.25) is 0 Å². The summed E-state index contributed by atoms with van der Waals surface area (Å²) in [4.78, 5) is 20.7. The van der Waals surface area contributed by atoms with Crippen molar-refractivity contribution in [2.75, 3.05) is 18.3 Å². The molecule has 0 spiro atoms. The Morgan fingerprint density at radius 1 is 1.40 bits per heavy atom. The van der Waals surface area contributed by atoms with Crippen molar-refractivity contribution in [3.8, 4) is 0 Å². The number of aliphatic hydroxyl groups is 2. The van der Waals surface area contributed by atoms with Crippen LogP contribution in [0.4, 0.5) is 20.3 Å². The molecule has 134 valence electrons. The van der Waals surface area contributed by atoms with Gasteiger partial charge in [-0.25, -0.2) is 13.8 Å². The van der Waals surface area contributed by atoms with Crippen molar-refractivity contribution < 1.29 is 28.6 Å². The summed E-state index contributed by atoms with van der Waals surface area (Å²) in [6, 6.07) is 4.85. The second kappa shape index (κ2) is 8.47. The average Bonchev–Trinajstić information content (AvgIpc) is 2.56. The number of primary amides is 1. The first-order valence-corrected chi connectivity index (χ1v) is 8.04. The first-order valence-electron chi connectivity index (χ1n) is 6.96. The fourth-order valence-corrected chi connectivity index (χ4v) is 2.47. The zero-order valence-electron chi connectivity index (χ0n) is 12.7. The van der Waals surface area contributed by atoms with Gasteiger partial charge in [0.15, 0.2) is 17.5 Å². The highest BCUT2D eigenvalue weighted by Gasteiger charge is 2.26. The molecule has 7 nitrogen and oxygen atoms in total. The smallest absolute Gasteiger partial charge is 0.252 e. The summed E-state index contributed by atoms with van der Waals surface area (Å²) in [6.45, 7) is -1.13. The second-order valence-corrected chi connectivity index (χ2v) is 6.13. The molecule has 0 radical (unpaired) electrons. The third-order valence-corrected chi connectivity index (χ3v) is 3.66. The van der Waals surface area contributed by atoms with Crippen molar-refractivity contribution in [1.29, 1.82) is 0 Å². The van der Waals surface area contributed by atoms with E-state index in [1.807, 2.05) is 0 Å². The molecule has 1 heterocycles. The van der Waals surface area contributed by atoms with E-state index in [4.69, 9.17) is 15.7 Å². The molecule has 0 aliphatic heterocycles. The molecule has 4 N–H and O–H groups in total. The lowest BCUT2D eigenvalue weighted by atomic mass is 10.2. The minimum absolute atomic E-state index is 0.140. The molecule has 0 saturated carbocycles. The van der Waals surface area contributed by atoms with Crippen LogP contribution in [0, 0.1) is 15.2 Å². The van der Waals surface area contributed by atoms with E-state index in [0.29, 0.717) is 8.63 Å². The van der Waals surface area contributed by atoms with Gasteiger partial charge in [0.1, 0.15) is 18.4 Å². The number of carbonyl (C=O) groups excluding carboxylic acids is 1. The molecule has 1 aromatic heterocycles. The van der Waals surface area contributed by atoms with E-state index >= 15 is 0 Å². The van der Waals surface area contributed by atoms with E-state index in [1.54, 1.807) is 22.6 Å². The number of pyridine rings is 1. The number of nitrogens with zero attached hydrogens (tertiary/aromatic N) is 2. The van der Waals surface area contributed by atoms with Crippen molar-refractivity contribution in [3.05, 3.63) is 51.2 Å². The molecule has 0 aliphatic carbocycles. The number of hydrogen-bond donors (Lipinski definition) is 3. The highest BCUT2D eigenvalue weighted by molar-refractivity contribution is 14.1. The summed E-state index contributed by atoms with van der Waals surface area (Å²) >= 11 is 1.74. The maximum Gasteiger partial charge on any atom is 0.252 e. The van der Waals surface area contributed by atoms with Crippen molar-refractivity contribution >= 4 is 40.0 Å². The standard InChI is InChI=1S/C15H14F2IN3O4/c16-11-4-8(18)5-12(17)13(11)21(25-7-9(23)6-22)15-10(14(19)24)2-1-3-20-15/h1-5,9,22-23H,6-7H2,(H2,19,24). The summed E-state index contributed by atoms with van der Waals surface area (Å²) in [5.41, 5.74) is 4.50. The molecule has 2 rings (SSSR count). The third kappa shape index (κ3) is 4.60. The Bertz CT molecular complexity index is 755. The van der Waals surface area contributed by atoms with Crippen LogP contribution < -0.4 is 10.8 Å². The van der Waals surface area contributed by atoms with Crippen molar-refractivity contribution in [2.24, 2.45) is 5.73 Å². The number of hydrogen-bond acceptors (Lipinski definition) is 6. The van der Waals surface area contributed by atoms with Gasteiger partial charge >= 0.3 is 0 Å². The van der Waals surface area contributed by atoms with Gasteiger partial charge < -0.3 is 15.9 Å². The summed E-state index contributed by atoms with van der Waals surface area (Å²) in [7, 11) is 0. The highest BCUT2D eigenvalue weighted by Crippen LogP contribution is 2.32. The van der Waals surface area contributed by atoms with Gasteiger partial charge in [-0.2, -0.15) is 5.06 Å². The van der Waals surface area contributed by atoms with E-state index in [-0.39, 0.29) is 11.4 Å². The van der Waals surface area contributed by atoms with Crippen molar-refractivity contribution in [3.63, 3.8) is 0 Å². The lowest BCUT2D eigenvalue weighted by Crippen LogP contribution is -2.30. The number of rotatable bonds is 7. The summed E-state index contributed by atoms with van der Waals surface area (Å²) < 4.78 is 29.0. The second-order valence-electron chi connectivity index (χ2n) is 4.88. The van der Waals surface area contributed by atoms with Gasteiger partial charge in [-0.15, -0.1) is 0 Å². The molecule has 0 aliphatic rings. The topological polar surface area (TPSA) is 109 Å². The third-order valence-electron chi connectivity index (χ3n) is 3.04. The fraction of sp³-hybridized carbons (Fsp3) is 0.200. The Morgan fingerprint density at radius 3 is 2.60 bits per heavy atom. The van der Waals surface area contributed by atoms with E-state index in [9.17, 15) is 18.7 Å². The molecule has 1 aromatic carbocycles. The van der Waals surface area contributed by atoms with Crippen molar-refractivity contribution in [2.45, 2.75) is 6.10 Å². The van der Waals surface area contributed by atoms with E-state index in [0.717, 1.165) is 12.1 Å². The molecule has 10 heteroatoms. The Labute approximate surface area is 155 Å². The maximum absolute atomic E-state index is 14.4. The van der Waals surface area contributed by atoms with E-state index in [2.05, 4.69) is 4.98 Å².